The number of rotatable bonds is 14. The fourth-order valence-electron chi connectivity index (χ4n) is 7.60. The topological polar surface area (TPSA) is 204 Å². The third kappa shape index (κ3) is 7.16. The highest BCUT2D eigenvalue weighted by molar-refractivity contribution is 7.25. The zero-order valence-electron chi connectivity index (χ0n) is 29.9. The van der Waals surface area contributed by atoms with E-state index < -0.39 is 51.7 Å². The van der Waals surface area contributed by atoms with E-state index in [1.54, 1.807) is 31.2 Å². The Labute approximate surface area is 301 Å². The summed E-state index contributed by atoms with van der Waals surface area (Å²) in [6.45, 7) is 11.1. The molecule has 0 bridgehead atoms. The van der Waals surface area contributed by atoms with Crippen LogP contribution in [0.15, 0.2) is 52.2 Å². The van der Waals surface area contributed by atoms with Gasteiger partial charge in [0, 0.05) is 35.0 Å². The SMILES string of the molecule is Cc1c[nH]c(=O)n([C@@H]2C[C@H](CC(C)(OC(=O)O)c3cc4c(cc3[N+](=O)[O-])C(=O)c3ccccc3-4)[C@H](OP[N+](OCCC#N)(C(C)C)C(C)C)C2)c1=O. The van der Waals surface area contributed by atoms with E-state index in [9.17, 15) is 39.7 Å². The van der Waals surface area contributed by atoms with Gasteiger partial charge in [-0.2, -0.15) is 10.1 Å². The molecule has 0 radical (unpaired) electrons. The van der Waals surface area contributed by atoms with Crippen LogP contribution in [-0.4, -0.2) is 60.7 Å². The van der Waals surface area contributed by atoms with Crippen LogP contribution in [0.25, 0.3) is 11.1 Å². The number of quaternary nitrogens is 1. The Bertz CT molecular complexity index is 2050. The maximum absolute atomic E-state index is 13.3. The molecular formula is C36H43N5O10P+. The van der Waals surface area contributed by atoms with Gasteiger partial charge < -0.3 is 19.4 Å². The Hall–Kier alpha value is -4.74. The number of fused-ring (bicyclic) bond motifs is 3. The number of hydrogen-bond acceptors (Lipinski definition) is 10. The van der Waals surface area contributed by atoms with Crippen LogP contribution < -0.4 is 11.2 Å². The Kier molecular flexibility index (Phi) is 11.2. The molecule has 3 aromatic rings. The number of ether oxygens (including phenoxy) is 1. The van der Waals surface area contributed by atoms with E-state index in [2.05, 4.69) is 11.1 Å². The number of carbonyl (C=O) groups excluding carboxylic acids is 1. The lowest BCUT2D eigenvalue weighted by atomic mass is 9.82. The largest absolute Gasteiger partial charge is 0.506 e. The van der Waals surface area contributed by atoms with E-state index in [0.717, 1.165) is 4.57 Å². The predicted octanol–water partition coefficient (Wildman–Crippen LogP) is 6.29. The molecule has 2 aliphatic carbocycles. The van der Waals surface area contributed by atoms with Crippen LogP contribution in [0.3, 0.4) is 0 Å². The van der Waals surface area contributed by atoms with Gasteiger partial charge in [-0.15, -0.1) is 4.42 Å². The van der Waals surface area contributed by atoms with Gasteiger partial charge in [-0.25, -0.2) is 9.59 Å². The first-order valence-electron chi connectivity index (χ1n) is 17.1. The highest BCUT2D eigenvalue weighted by atomic mass is 31.1. The number of nitro groups is 1. The number of hydrogen-bond donors (Lipinski definition) is 2. The van der Waals surface area contributed by atoms with Crippen LogP contribution in [0.4, 0.5) is 10.5 Å². The molecule has 1 saturated carbocycles. The minimum Gasteiger partial charge on any atom is -0.450 e. The summed E-state index contributed by atoms with van der Waals surface area (Å²) in [5.74, 6) is -0.965. The number of benzene rings is 2. The third-order valence-corrected chi connectivity index (χ3v) is 12.0. The van der Waals surface area contributed by atoms with Gasteiger partial charge in [0.05, 0.1) is 29.1 Å². The van der Waals surface area contributed by atoms with Crippen LogP contribution in [-0.2, 0) is 19.7 Å². The summed E-state index contributed by atoms with van der Waals surface area (Å²) in [5.41, 5.74) is -1.66. The first-order valence-corrected chi connectivity index (χ1v) is 17.9. The highest BCUT2D eigenvalue weighted by Crippen LogP contribution is 2.51. The summed E-state index contributed by atoms with van der Waals surface area (Å²) < 4.78 is 13.4. The van der Waals surface area contributed by atoms with Gasteiger partial charge in [0.2, 0.25) is 0 Å². The monoisotopic (exact) mass is 736 g/mol. The van der Waals surface area contributed by atoms with Crippen LogP contribution in [0, 0.1) is 34.3 Å². The van der Waals surface area contributed by atoms with Crippen molar-refractivity contribution in [2.24, 2.45) is 5.92 Å². The smallest absolute Gasteiger partial charge is 0.450 e. The van der Waals surface area contributed by atoms with Crippen molar-refractivity contribution in [3.8, 4) is 17.2 Å². The summed E-state index contributed by atoms with van der Waals surface area (Å²) in [6, 6.07) is 10.6. The van der Waals surface area contributed by atoms with Crippen molar-refractivity contribution in [3.05, 3.63) is 95.8 Å². The molecule has 0 aliphatic heterocycles. The van der Waals surface area contributed by atoms with Crippen molar-refractivity contribution >= 4 is 26.6 Å². The number of ketones is 1. The zero-order valence-corrected chi connectivity index (χ0v) is 30.9. The van der Waals surface area contributed by atoms with Gasteiger partial charge in [-0.1, -0.05) is 24.3 Å². The Morgan fingerprint density at radius 1 is 1.13 bits per heavy atom. The van der Waals surface area contributed by atoms with Crippen LogP contribution >= 0.6 is 8.96 Å². The first kappa shape index (κ1) is 38.5. The van der Waals surface area contributed by atoms with Crippen molar-refractivity contribution in [1.29, 1.82) is 5.26 Å². The third-order valence-electron chi connectivity index (χ3n) is 10.1. The van der Waals surface area contributed by atoms with Gasteiger partial charge in [-0.3, -0.25) is 24.3 Å². The Morgan fingerprint density at radius 3 is 2.42 bits per heavy atom. The fraction of sp³-hybridized carbons (Fsp3) is 0.472. The molecule has 2 aliphatic rings. The zero-order chi connectivity index (χ0) is 38.1. The van der Waals surface area contributed by atoms with E-state index >= 15 is 0 Å². The van der Waals surface area contributed by atoms with Gasteiger partial charge >= 0.3 is 11.8 Å². The van der Waals surface area contributed by atoms with Crippen molar-refractivity contribution in [1.82, 2.24) is 9.55 Å². The molecule has 0 amide bonds. The van der Waals surface area contributed by atoms with Gasteiger partial charge in [0.25, 0.3) is 20.2 Å². The second-order valence-corrected chi connectivity index (χ2v) is 15.2. The van der Waals surface area contributed by atoms with Crippen molar-refractivity contribution < 1.29 is 38.1 Å². The number of carboxylic acid groups (broad SMARTS) is 1. The number of nitriles is 1. The summed E-state index contributed by atoms with van der Waals surface area (Å²) >= 11 is 0. The van der Waals surface area contributed by atoms with E-state index in [-0.39, 0.29) is 74.7 Å². The minimum atomic E-state index is -1.84. The molecule has 5 atom stereocenters. The number of nitrogens with zero attached hydrogens (tertiary/aromatic N) is 4. The van der Waals surface area contributed by atoms with Crippen LogP contribution in [0.2, 0.25) is 0 Å². The molecule has 2 unspecified atom stereocenters. The maximum atomic E-state index is 13.3. The lowest BCUT2D eigenvalue weighted by molar-refractivity contribution is -1.04. The second kappa shape index (κ2) is 15.1. The Balaban J connectivity index is 1.61. The van der Waals surface area contributed by atoms with Gasteiger partial charge in [0.15, 0.2) is 5.78 Å². The lowest BCUT2D eigenvalue weighted by Gasteiger charge is -2.41. The summed E-state index contributed by atoms with van der Waals surface area (Å²) in [4.78, 5) is 72.8. The van der Waals surface area contributed by atoms with E-state index in [1.807, 2.05) is 27.7 Å². The van der Waals surface area contributed by atoms with Crippen molar-refractivity contribution in [2.45, 2.75) is 97.1 Å². The van der Waals surface area contributed by atoms with Crippen molar-refractivity contribution in [3.63, 3.8) is 0 Å². The molecule has 1 aromatic heterocycles. The fourth-order valence-corrected chi connectivity index (χ4v) is 8.76. The summed E-state index contributed by atoms with van der Waals surface area (Å²) in [5, 5.41) is 31.8. The number of aromatic nitrogens is 2. The number of nitro benzene ring substituents is 1. The number of hydroxylamine groups is 2. The number of H-pyrrole nitrogens is 1. The van der Waals surface area contributed by atoms with E-state index in [4.69, 9.17) is 14.1 Å². The summed E-state index contributed by atoms with van der Waals surface area (Å²) in [7, 11) is -0.321. The van der Waals surface area contributed by atoms with Gasteiger partial charge in [0.1, 0.15) is 24.3 Å². The molecular weight excluding hydrogens is 693 g/mol. The number of aromatic amines is 1. The molecule has 2 aromatic carbocycles. The second-order valence-electron chi connectivity index (χ2n) is 14.1. The highest BCUT2D eigenvalue weighted by Gasteiger charge is 2.49. The van der Waals surface area contributed by atoms with E-state index in [0.29, 0.717) is 22.3 Å². The predicted molar refractivity (Wildman–Crippen MR) is 191 cm³/mol. The molecule has 52 heavy (non-hydrogen) atoms. The van der Waals surface area contributed by atoms with Crippen LogP contribution in [0.1, 0.15) is 93.4 Å². The van der Waals surface area contributed by atoms with Gasteiger partial charge in [-0.05, 0) is 83.9 Å². The normalized spacial score (nSPS) is 19.5. The Morgan fingerprint density at radius 2 is 1.81 bits per heavy atom. The lowest BCUT2D eigenvalue weighted by Crippen LogP contribution is -2.51. The average molecular weight is 737 g/mol. The summed E-state index contributed by atoms with van der Waals surface area (Å²) in [6.07, 6.45) is -0.608. The van der Waals surface area contributed by atoms with Crippen molar-refractivity contribution in [2.75, 3.05) is 6.61 Å². The molecule has 16 heteroatoms. The van der Waals surface area contributed by atoms with Crippen LogP contribution in [0.5, 0.6) is 0 Å². The molecule has 0 spiro atoms. The number of aryl methyl sites for hydroxylation is 1. The molecule has 0 saturated heterocycles. The quantitative estimate of drug-likeness (QED) is 0.0484. The molecule has 15 nitrogen and oxygen atoms in total. The molecule has 276 valence electrons. The molecule has 2 N–H and O–H groups in total. The molecule has 5 rings (SSSR count). The average Bonchev–Trinajstić information content (AvgIpc) is 3.60. The first-order chi connectivity index (χ1) is 24.5. The minimum absolute atomic E-state index is 0.0484. The standard InChI is InChI=1S/C36H42N5O10P/c1-20(2)41(21(3)4,49-13-9-12-37)52-51-31-15-24(39-33(43)22(5)19-38-34(39)44)14-23(31)18-36(6,50-35(45)46)29-16-27-25-10-7-8-11-26(25)32(42)28(27)17-30(29)40(47)48/h7-8,10-11,16-17,19-21,23-24,31,52H,9,13-15,18H2,1-6H3,(H-,38,43,44,45,46)/p+1/t23-,24-,31-,36?/m1/s1. The molecule has 1 heterocycles. The number of carbonyl (C=O) groups is 2. The molecule has 1 fully saturated rings. The maximum Gasteiger partial charge on any atom is 0.506 e. The number of nitrogens with one attached hydrogen (secondary N) is 1. The van der Waals surface area contributed by atoms with E-state index in [1.165, 1.54) is 25.3 Å².